The van der Waals surface area contributed by atoms with Gasteiger partial charge in [0.25, 0.3) is 0 Å². The average Bonchev–Trinajstić information content (AvgIpc) is 2.94. The molecule has 1 aliphatic rings. The van der Waals surface area contributed by atoms with E-state index >= 15 is 0 Å². The molecule has 25 heavy (non-hydrogen) atoms. The summed E-state index contributed by atoms with van der Waals surface area (Å²) < 4.78 is 0. The zero-order chi connectivity index (χ0) is 18.8. The molecule has 0 saturated heterocycles. The summed E-state index contributed by atoms with van der Waals surface area (Å²) in [5.41, 5.74) is 3.55. The Kier molecular flexibility index (Phi) is 8.84. The van der Waals surface area contributed by atoms with E-state index in [1.165, 1.54) is 37.1 Å². The van der Waals surface area contributed by atoms with Gasteiger partial charge in [-0.15, -0.1) is 0 Å². The molecule has 0 bridgehead atoms. The molecule has 6 heteroatoms. The number of nitrogens with zero attached hydrogens (tertiary/aromatic N) is 1. The first-order valence-corrected chi connectivity index (χ1v) is 8.75. The fraction of sp³-hybridized carbons (Fsp3) is 0.526. The standard InChI is InChI=1S/C16H24N2O.C3H4O3/c1-3-9-18(10-4-2)11-8-13-6-5-7-15-14(13)12-16(19)17-15;1-2(4)3(5)6/h5-7H,3-4,8-12H2,1-2H3,(H,17,19);1H3,(H,5,6). The van der Waals surface area contributed by atoms with Crippen molar-refractivity contribution in [1.82, 2.24) is 4.90 Å². The summed E-state index contributed by atoms with van der Waals surface area (Å²) in [6.45, 7) is 8.88. The number of rotatable bonds is 8. The number of carbonyl (C=O) groups is 3. The number of hydrogen-bond acceptors (Lipinski definition) is 4. The molecule has 1 aliphatic heterocycles. The molecule has 1 aromatic rings. The van der Waals surface area contributed by atoms with Crippen molar-refractivity contribution in [1.29, 1.82) is 0 Å². The summed E-state index contributed by atoms with van der Waals surface area (Å²) in [4.78, 5) is 32.9. The highest BCUT2D eigenvalue weighted by Crippen LogP contribution is 2.26. The Balaban J connectivity index is 0.000000450. The lowest BCUT2D eigenvalue weighted by molar-refractivity contribution is -0.148. The molecule has 1 aromatic carbocycles. The number of Topliss-reactive ketones (excluding diaryl/α,β-unsaturated/α-hetero) is 1. The van der Waals surface area contributed by atoms with Crippen LogP contribution in [0.4, 0.5) is 5.69 Å². The third kappa shape index (κ3) is 7.05. The van der Waals surface area contributed by atoms with Gasteiger partial charge < -0.3 is 15.3 Å². The predicted molar refractivity (Wildman–Crippen MR) is 97.8 cm³/mol. The first kappa shape index (κ1) is 20.8. The summed E-state index contributed by atoms with van der Waals surface area (Å²) in [7, 11) is 0. The highest BCUT2D eigenvalue weighted by atomic mass is 16.4. The molecule has 1 heterocycles. The molecule has 1 amide bonds. The monoisotopic (exact) mass is 348 g/mol. The van der Waals surface area contributed by atoms with Gasteiger partial charge in [-0.2, -0.15) is 0 Å². The maximum atomic E-state index is 11.5. The predicted octanol–water partition coefficient (Wildman–Crippen LogP) is 2.51. The number of benzene rings is 1. The fourth-order valence-corrected chi connectivity index (χ4v) is 2.80. The average molecular weight is 348 g/mol. The van der Waals surface area contributed by atoms with Gasteiger partial charge in [0.1, 0.15) is 0 Å². The summed E-state index contributed by atoms with van der Waals surface area (Å²) >= 11 is 0. The van der Waals surface area contributed by atoms with E-state index in [-0.39, 0.29) is 5.91 Å². The first-order valence-electron chi connectivity index (χ1n) is 8.75. The van der Waals surface area contributed by atoms with Gasteiger partial charge in [-0.05, 0) is 49.5 Å². The third-order valence-corrected chi connectivity index (χ3v) is 3.96. The van der Waals surface area contributed by atoms with E-state index in [0.717, 1.165) is 25.6 Å². The lowest BCUT2D eigenvalue weighted by Gasteiger charge is -2.21. The first-order chi connectivity index (χ1) is 11.9. The molecule has 0 unspecified atom stereocenters. The molecule has 0 radical (unpaired) electrons. The number of carbonyl (C=O) groups excluding carboxylic acids is 2. The van der Waals surface area contributed by atoms with Crippen LogP contribution in [-0.4, -0.2) is 47.3 Å². The fourth-order valence-electron chi connectivity index (χ4n) is 2.80. The molecular formula is C19H28N2O4. The molecular weight excluding hydrogens is 320 g/mol. The number of hydrogen-bond donors (Lipinski definition) is 2. The maximum absolute atomic E-state index is 11.5. The second-order valence-electron chi connectivity index (χ2n) is 6.12. The van der Waals surface area contributed by atoms with Crippen LogP contribution < -0.4 is 5.32 Å². The van der Waals surface area contributed by atoms with Crippen LogP contribution in [0.1, 0.15) is 44.7 Å². The van der Waals surface area contributed by atoms with Crippen molar-refractivity contribution < 1.29 is 19.5 Å². The Hall–Kier alpha value is -2.21. The highest BCUT2D eigenvalue weighted by molar-refractivity contribution is 6.31. The van der Waals surface area contributed by atoms with Crippen LogP contribution in [0.5, 0.6) is 0 Å². The van der Waals surface area contributed by atoms with E-state index in [1.807, 2.05) is 12.1 Å². The molecule has 0 atom stereocenters. The molecule has 138 valence electrons. The summed E-state index contributed by atoms with van der Waals surface area (Å²) in [6, 6.07) is 6.21. The van der Waals surface area contributed by atoms with Crippen LogP contribution in [0.3, 0.4) is 0 Å². The molecule has 2 N–H and O–H groups in total. The minimum Gasteiger partial charge on any atom is -0.476 e. The Morgan fingerprint density at radius 2 is 1.76 bits per heavy atom. The maximum Gasteiger partial charge on any atom is 0.371 e. The molecule has 0 aliphatic carbocycles. The Morgan fingerprint density at radius 3 is 2.28 bits per heavy atom. The van der Waals surface area contributed by atoms with E-state index in [4.69, 9.17) is 5.11 Å². The lowest BCUT2D eigenvalue weighted by Crippen LogP contribution is -2.28. The minimum atomic E-state index is -1.38. The highest BCUT2D eigenvalue weighted by Gasteiger charge is 2.20. The van der Waals surface area contributed by atoms with Crippen molar-refractivity contribution in [2.75, 3.05) is 25.0 Å². The Morgan fingerprint density at radius 1 is 1.16 bits per heavy atom. The second-order valence-corrected chi connectivity index (χ2v) is 6.12. The van der Waals surface area contributed by atoms with Crippen molar-refractivity contribution in [2.24, 2.45) is 0 Å². The van der Waals surface area contributed by atoms with Gasteiger partial charge in [0.15, 0.2) is 0 Å². The van der Waals surface area contributed by atoms with E-state index in [9.17, 15) is 14.4 Å². The van der Waals surface area contributed by atoms with E-state index < -0.39 is 11.8 Å². The van der Waals surface area contributed by atoms with Crippen molar-refractivity contribution in [3.8, 4) is 0 Å². The van der Waals surface area contributed by atoms with Gasteiger partial charge in [0.2, 0.25) is 11.7 Å². The van der Waals surface area contributed by atoms with Gasteiger partial charge in [-0.25, -0.2) is 4.79 Å². The lowest BCUT2D eigenvalue weighted by atomic mass is 10.0. The zero-order valence-electron chi connectivity index (χ0n) is 15.3. The largest absolute Gasteiger partial charge is 0.476 e. The van der Waals surface area contributed by atoms with Crippen LogP contribution in [0.2, 0.25) is 0 Å². The van der Waals surface area contributed by atoms with Crippen molar-refractivity contribution in [3.63, 3.8) is 0 Å². The van der Waals surface area contributed by atoms with Crippen molar-refractivity contribution >= 4 is 23.3 Å². The van der Waals surface area contributed by atoms with Gasteiger partial charge in [0.05, 0.1) is 6.42 Å². The van der Waals surface area contributed by atoms with Crippen molar-refractivity contribution in [2.45, 2.75) is 46.5 Å². The van der Waals surface area contributed by atoms with Crippen LogP contribution in [0, 0.1) is 0 Å². The second kappa shape index (κ2) is 10.6. The quantitative estimate of drug-likeness (QED) is 0.705. The number of carboxylic acids is 1. The van der Waals surface area contributed by atoms with E-state index in [1.54, 1.807) is 0 Å². The van der Waals surface area contributed by atoms with Gasteiger partial charge in [0, 0.05) is 19.2 Å². The number of amides is 1. The van der Waals surface area contributed by atoms with Gasteiger partial charge in [-0.1, -0.05) is 26.0 Å². The van der Waals surface area contributed by atoms with Crippen molar-refractivity contribution in [3.05, 3.63) is 29.3 Å². The number of ketones is 1. The van der Waals surface area contributed by atoms with E-state index in [0.29, 0.717) is 6.42 Å². The van der Waals surface area contributed by atoms with Gasteiger partial charge in [-0.3, -0.25) is 9.59 Å². The minimum absolute atomic E-state index is 0.126. The van der Waals surface area contributed by atoms with Gasteiger partial charge >= 0.3 is 5.97 Å². The third-order valence-electron chi connectivity index (χ3n) is 3.96. The smallest absolute Gasteiger partial charge is 0.371 e. The number of fused-ring (bicyclic) bond motifs is 1. The van der Waals surface area contributed by atoms with Crippen LogP contribution in [-0.2, 0) is 27.2 Å². The Labute approximate surface area is 149 Å². The van der Waals surface area contributed by atoms with E-state index in [2.05, 4.69) is 30.1 Å². The molecule has 0 spiro atoms. The number of nitrogens with one attached hydrogen (secondary N) is 1. The molecule has 0 fully saturated rings. The molecule has 2 rings (SSSR count). The molecule has 0 aromatic heterocycles. The summed E-state index contributed by atoms with van der Waals surface area (Å²) in [5, 5.41) is 10.6. The molecule has 0 saturated carbocycles. The van der Waals surface area contributed by atoms with Crippen LogP contribution in [0.25, 0.3) is 0 Å². The summed E-state index contributed by atoms with van der Waals surface area (Å²) in [6.07, 6.45) is 3.99. The molecule has 6 nitrogen and oxygen atoms in total. The van der Waals surface area contributed by atoms with Crippen LogP contribution >= 0.6 is 0 Å². The number of anilines is 1. The summed E-state index contributed by atoms with van der Waals surface area (Å²) in [5.74, 6) is -2.08. The SMILES string of the molecule is CC(=O)C(=O)O.CCCN(CCC)CCc1cccc2c1CC(=O)N2. The number of aliphatic carboxylic acids is 1. The Bertz CT molecular complexity index is 595. The number of carboxylic acid groups (broad SMARTS) is 1. The topological polar surface area (TPSA) is 86.7 Å². The van der Waals surface area contributed by atoms with Crippen LogP contribution in [0.15, 0.2) is 18.2 Å². The normalized spacial score (nSPS) is 12.2. The zero-order valence-corrected chi connectivity index (χ0v) is 15.3.